The minimum absolute atomic E-state index is 0.237. The van der Waals surface area contributed by atoms with E-state index in [2.05, 4.69) is 66.8 Å². The lowest BCUT2D eigenvalue weighted by Gasteiger charge is -2.20. The van der Waals surface area contributed by atoms with Crippen molar-refractivity contribution in [1.29, 1.82) is 0 Å². The number of hydrogen-bond acceptors (Lipinski definition) is 2. The molecule has 2 N–H and O–H groups in total. The van der Waals surface area contributed by atoms with E-state index < -0.39 is 0 Å². The highest BCUT2D eigenvalue weighted by molar-refractivity contribution is 5.33. The van der Waals surface area contributed by atoms with Crippen molar-refractivity contribution in [3.05, 3.63) is 71.3 Å². The molecule has 0 fully saturated rings. The van der Waals surface area contributed by atoms with Gasteiger partial charge in [0.2, 0.25) is 0 Å². The number of unbranched alkanes of at least 4 members (excludes halogenated alkanes) is 2. The maximum Gasteiger partial charge on any atom is 0.0576 e. The van der Waals surface area contributed by atoms with Gasteiger partial charge in [0.1, 0.15) is 0 Å². The van der Waals surface area contributed by atoms with Crippen molar-refractivity contribution in [3.8, 4) is 0 Å². The average molecular weight is 283 g/mol. The summed E-state index contributed by atoms with van der Waals surface area (Å²) in [6, 6.07) is 19.5. The second kappa shape index (κ2) is 8.60. The van der Waals surface area contributed by atoms with Crippen LogP contribution < -0.4 is 5.32 Å². The highest BCUT2D eigenvalue weighted by atomic mass is 16.2. The molecule has 0 aliphatic carbocycles. The topological polar surface area (TPSA) is 32.3 Å². The summed E-state index contributed by atoms with van der Waals surface area (Å²) in [5, 5.41) is 12.5. The zero-order valence-electron chi connectivity index (χ0n) is 12.8. The molecule has 2 nitrogen and oxygen atoms in total. The average Bonchev–Trinajstić information content (AvgIpc) is 2.53. The lowest BCUT2D eigenvalue weighted by atomic mass is 9.97. The van der Waals surface area contributed by atoms with Crippen molar-refractivity contribution in [2.45, 2.75) is 32.2 Å². The monoisotopic (exact) mass is 283 g/mol. The van der Waals surface area contributed by atoms with Gasteiger partial charge in [0.25, 0.3) is 0 Å². The van der Waals surface area contributed by atoms with E-state index in [-0.39, 0.29) is 6.04 Å². The van der Waals surface area contributed by atoms with Gasteiger partial charge >= 0.3 is 0 Å². The van der Waals surface area contributed by atoms with Gasteiger partial charge < -0.3 is 10.4 Å². The van der Waals surface area contributed by atoms with Gasteiger partial charge in [0.15, 0.2) is 0 Å². The molecule has 0 saturated carbocycles. The zero-order chi connectivity index (χ0) is 14.9. The number of rotatable bonds is 8. The molecule has 0 heterocycles. The van der Waals surface area contributed by atoms with E-state index in [0.717, 1.165) is 25.8 Å². The Morgan fingerprint density at radius 3 is 2.19 bits per heavy atom. The van der Waals surface area contributed by atoms with E-state index >= 15 is 0 Å². The van der Waals surface area contributed by atoms with Crippen LogP contribution in [0.2, 0.25) is 0 Å². The molecule has 0 radical (unpaired) electrons. The number of aryl methyl sites for hydroxylation is 1. The molecule has 0 aliphatic heterocycles. The molecule has 0 spiro atoms. The Labute approximate surface area is 127 Å². The van der Waals surface area contributed by atoms with Crippen LogP contribution in [0.15, 0.2) is 54.6 Å². The maximum atomic E-state index is 8.84. The highest BCUT2D eigenvalue weighted by Gasteiger charge is 2.12. The summed E-state index contributed by atoms with van der Waals surface area (Å²) < 4.78 is 0. The molecule has 0 aliphatic rings. The Balaban J connectivity index is 2.06. The van der Waals surface area contributed by atoms with Gasteiger partial charge in [-0.15, -0.1) is 0 Å². The molecule has 2 rings (SSSR count). The molecular weight excluding hydrogens is 258 g/mol. The molecule has 1 unspecified atom stereocenters. The van der Waals surface area contributed by atoms with Crippen molar-refractivity contribution < 1.29 is 5.11 Å². The molecule has 0 aromatic heterocycles. The molecule has 112 valence electrons. The van der Waals surface area contributed by atoms with E-state index in [0.29, 0.717) is 6.61 Å². The predicted molar refractivity (Wildman–Crippen MR) is 88.4 cm³/mol. The van der Waals surface area contributed by atoms with Crippen LogP contribution in [-0.4, -0.2) is 18.3 Å². The fraction of sp³-hybridized carbons (Fsp3) is 0.368. The Morgan fingerprint density at radius 1 is 0.857 bits per heavy atom. The number of aliphatic hydroxyl groups excluding tert-OH is 1. The van der Waals surface area contributed by atoms with Crippen LogP contribution in [-0.2, 0) is 0 Å². The second-order valence-corrected chi connectivity index (χ2v) is 5.49. The summed E-state index contributed by atoms with van der Waals surface area (Å²) >= 11 is 0. The first kappa shape index (κ1) is 15.7. The molecular formula is C19H25NO. The molecule has 0 bridgehead atoms. The fourth-order valence-electron chi connectivity index (χ4n) is 2.49. The van der Waals surface area contributed by atoms with E-state index in [1.807, 2.05) is 0 Å². The van der Waals surface area contributed by atoms with Crippen molar-refractivity contribution in [3.63, 3.8) is 0 Å². The van der Waals surface area contributed by atoms with Crippen molar-refractivity contribution in [2.75, 3.05) is 13.2 Å². The normalized spacial score (nSPS) is 12.3. The number of nitrogens with one attached hydrogen (secondary N) is 1. The minimum atomic E-state index is 0.237. The SMILES string of the molecule is Cc1ccc(C(NCCCCCO)c2ccccc2)cc1. The van der Waals surface area contributed by atoms with E-state index in [9.17, 15) is 0 Å². The van der Waals surface area contributed by atoms with Gasteiger partial charge in [0, 0.05) is 6.61 Å². The number of aliphatic hydroxyl groups is 1. The molecule has 2 heteroatoms. The lowest BCUT2D eigenvalue weighted by Crippen LogP contribution is -2.23. The van der Waals surface area contributed by atoms with Crippen LogP contribution >= 0.6 is 0 Å². The van der Waals surface area contributed by atoms with Gasteiger partial charge in [-0.2, -0.15) is 0 Å². The summed E-state index contributed by atoms with van der Waals surface area (Å²) in [5.74, 6) is 0. The molecule has 21 heavy (non-hydrogen) atoms. The minimum Gasteiger partial charge on any atom is -0.396 e. The van der Waals surface area contributed by atoms with Crippen molar-refractivity contribution >= 4 is 0 Å². The van der Waals surface area contributed by atoms with E-state index in [1.54, 1.807) is 0 Å². The van der Waals surface area contributed by atoms with Crippen LogP contribution in [0.25, 0.3) is 0 Å². The Morgan fingerprint density at radius 2 is 1.52 bits per heavy atom. The van der Waals surface area contributed by atoms with Crippen LogP contribution in [0.4, 0.5) is 0 Å². The highest BCUT2D eigenvalue weighted by Crippen LogP contribution is 2.22. The Kier molecular flexibility index (Phi) is 6.45. The molecule has 2 aromatic carbocycles. The summed E-state index contributed by atoms with van der Waals surface area (Å²) in [6.45, 7) is 3.37. The first-order valence-corrected chi connectivity index (χ1v) is 7.77. The molecule has 0 amide bonds. The molecule has 0 saturated heterocycles. The Hall–Kier alpha value is -1.64. The third-order valence-electron chi connectivity index (χ3n) is 3.73. The molecule has 2 aromatic rings. The number of benzene rings is 2. The summed E-state index contributed by atoms with van der Waals surface area (Å²) in [6.07, 6.45) is 3.05. The standard InChI is InChI=1S/C19H25NO/c1-16-10-12-18(13-11-16)19(17-8-4-2-5-9-17)20-14-6-3-7-15-21/h2,4-5,8-13,19-21H,3,6-7,14-15H2,1H3. The smallest absolute Gasteiger partial charge is 0.0576 e. The van der Waals surface area contributed by atoms with Crippen LogP contribution in [0.3, 0.4) is 0 Å². The third kappa shape index (κ3) is 5.00. The van der Waals surface area contributed by atoms with Crippen molar-refractivity contribution in [1.82, 2.24) is 5.32 Å². The largest absolute Gasteiger partial charge is 0.396 e. The van der Waals surface area contributed by atoms with Crippen LogP contribution in [0.1, 0.15) is 42.0 Å². The number of hydrogen-bond donors (Lipinski definition) is 2. The summed E-state index contributed by atoms with van der Waals surface area (Å²) in [4.78, 5) is 0. The van der Waals surface area contributed by atoms with E-state index in [1.165, 1.54) is 16.7 Å². The van der Waals surface area contributed by atoms with Gasteiger partial charge in [0.05, 0.1) is 6.04 Å². The van der Waals surface area contributed by atoms with Gasteiger partial charge in [-0.1, -0.05) is 60.2 Å². The summed E-state index contributed by atoms with van der Waals surface area (Å²) in [7, 11) is 0. The second-order valence-electron chi connectivity index (χ2n) is 5.49. The maximum absolute atomic E-state index is 8.84. The zero-order valence-corrected chi connectivity index (χ0v) is 12.8. The van der Waals surface area contributed by atoms with Crippen molar-refractivity contribution in [2.24, 2.45) is 0 Å². The molecule has 1 atom stereocenters. The first-order valence-electron chi connectivity index (χ1n) is 7.77. The van der Waals surface area contributed by atoms with Crippen LogP contribution in [0, 0.1) is 6.92 Å². The lowest BCUT2D eigenvalue weighted by molar-refractivity contribution is 0.282. The van der Waals surface area contributed by atoms with E-state index in [4.69, 9.17) is 5.11 Å². The van der Waals surface area contributed by atoms with Crippen LogP contribution in [0.5, 0.6) is 0 Å². The third-order valence-corrected chi connectivity index (χ3v) is 3.73. The van der Waals surface area contributed by atoms with Gasteiger partial charge in [-0.3, -0.25) is 0 Å². The first-order chi connectivity index (χ1) is 10.3. The predicted octanol–water partition coefficient (Wildman–Crippen LogP) is 3.84. The summed E-state index contributed by atoms with van der Waals surface area (Å²) in [5.41, 5.74) is 3.88. The Bertz CT molecular complexity index is 507. The fourth-order valence-corrected chi connectivity index (χ4v) is 2.49. The quantitative estimate of drug-likeness (QED) is 0.722. The van der Waals surface area contributed by atoms with Gasteiger partial charge in [-0.05, 0) is 43.9 Å². The van der Waals surface area contributed by atoms with Gasteiger partial charge in [-0.25, -0.2) is 0 Å².